The predicted octanol–water partition coefficient (Wildman–Crippen LogP) is 3.87. The minimum absolute atomic E-state index is 0.115. The normalized spacial score (nSPS) is 10.8. The molecule has 0 saturated carbocycles. The zero-order chi connectivity index (χ0) is 14.7. The molecule has 0 aliphatic carbocycles. The van der Waals surface area contributed by atoms with Gasteiger partial charge in [-0.3, -0.25) is 9.48 Å². The Morgan fingerprint density at radius 2 is 1.85 bits per heavy atom. The minimum atomic E-state index is 0.115. The third-order valence-corrected chi connectivity index (χ3v) is 3.88. The van der Waals surface area contributed by atoms with E-state index in [-0.39, 0.29) is 5.78 Å². The Morgan fingerprint density at radius 3 is 2.45 bits per heavy atom. The van der Waals surface area contributed by atoms with Crippen LogP contribution in [0.4, 0.5) is 0 Å². The van der Waals surface area contributed by atoms with Crippen molar-refractivity contribution in [3.8, 4) is 0 Å². The van der Waals surface area contributed by atoms with E-state index in [4.69, 9.17) is 23.2 Å². The molecule has 0 aliphatic rings. The van der Waals surface area contributed by atoms with Crippen LogP contribution in [0.2, 0.25) is 10.0 Å². The number of halogens is 2. The van der Waals surface area contributed by atoms with Crippen LogP contribution in [0.3, 0.4) is 0 Å². The van der Waals surface area contributed by atoms with Crippen molar-refractivity contribution in [1.82, 2.24) is 9.78 Å². The van der Waals surface area contributed by atoms with Gasteiger partial charge in [-0.2, -0.15) is 5.10 Å². The maximum atomic E-state index is 12.2. The monoisotopic (exact) mass is 310 g/mol. The van der Waals surface area contributed by atoms with E-state index in [9.17, 15) is 4.79 Å². The summed E-state index contributed by atoms with van der Waals surface area (Å²) in [5.74, 6) is 0.115. The highest BCUT2D eigenvalue weighted by Crippen LogP contribution is 2.21. The predicted molar refractivity (Wildman–Crippen MR) is 81.5 cm³/mol. The van der Waals surface area contributed by atoms with Crippen LogP contribution in [0.25, 0.3) is 0 Å². The minimum Gasteiger partial charge on any atom is -0.299 e. The van der Waals surface area contributed by atoms with Gasteiger partial charge in [-0.15, -0.1) is 0 Å². The largest absolute Gasteiger partial charge is 0.299 e. The second kappa shape index (κ2) is 6.42. The zero-order valence-electron chi connectivity index (χ0n) is 11.5. The topological polar surface area (TPSA) is 34.9 Å². The summed E-state index contributed by atoms with van der Waals surface area (Å²) in [5.41, 5.74) is 2.52. The number of aryl methyl sites for hydroxylation is 2. The van der Waals surface area contributed by atoms with Crippen LogP contribution < -0.4 is 0 Å². The number of benzene rings is 1. The third kappa shape index (κ3) is 3.41. The summed E-state index contributed by atoms with van der Waals surface area (Å²) >= 11 is 12.0. The molecule has 3 nitrogen and oxygen atoms in total. The fraction of sp³-hybridized carbons (Fsp3) is 0.333. The van der Waals surface area contributed by atoms with Crippen molar-refractivity contribution in [1.29, 1.82) is 0 Å². The summed E-state index contributed by atoms with van der Waals surface area (Å²) in [6.45, 7) is 4.54. The molecule has 0 aliphatic heterocycles. The van der Waals surface area contributed by atoms with Gasteiger partial charge < -0.3 is 0 Å². The second-order valence-electron chi connectivity index (χ2n) is 4.68. The summed E-state index contributed by atoms with van der Waals surface area (Å²) < 4.78 is 1.79. The lowest BCUT2D eigenvalue weighted by atomic mass is 10.1. The number of carbonyl (C=O) groups is 1. The highest BCUT2D eigenvalue weighted by atomic mass is 35.5. The van der Waals surface area contributed by atoms with Crippen molar-refractivity contribution in [2.45, 2.75) is 33.2 Å². The van der Waals surface area contributed by atoms with E-state index in [2.05, 4.69) is 5.10 Å². The fourth-order valence-corrected chi connectivity index (χ4v) is 2.45. The lowest BCUT2D eigenvalue weighted by Gasteiger charge is -2.05. The van der Waals surface area contributed by atoms with Crippen LogP contribution in [0.1, 0.15) is 23.9 Å². The van der Waals surface area contributed by atoms with Crippen LogP contribution in [-0.4, -0.2) is 15.6 Å². The first-order chi connectivity index (χ1) is 9.51. The molecule has 2 rings (SSSR count). The summed E-state index contributed by atoms with van der Waals surface area (Å²) in [6, 6.07) is 7.31. The Bertz CT molecular complexity index is 618. The van der Waals surface area contributed by atoms with Gasteiger partial charge in [0.25, 0.3) is 0 Å². The Hall–Kier alpha value is -1.32. The Morgan fingerprint density at radius 1 is 1.20 bits per heavy atom. The van der Waals surface area contributed by atoms with Crippen LogP contribution in [0.5, 0.6) is 0 Å². The van der Waals surface area contributed by atoms with E-state index in [0.717, 1.165) is 17.0 Å². The molecule has 5 heteroatoms. The van der Waals surface area contributed by atoms with Crippen molar-refractivity contribution >= 4 is 29.0 Å². The van der Waals surface area contributed by atoms with E-state index >= 15 is 0 Å². The van der Waals surface area contributed by atoms with Crippen LogP contribution >= 0.6 is 23.2 Å². The van der Waals surface area contributed by atoms with Crippen LogP contribution in [0.15, 0.2) is 24.3 Å². The molecule has 20 heavy (non-hydrogen) atoms. The van der Waals surface area contributed by atoms with E-state index < -0.39 is 0 Å². The Kier molecular flexibility index (Phi) is 4.84. The van der Waals surface area contributed by atoms with Gasteiger partial charge >= 0.3 is 0 Å². The number of Topliss-reactive ketones (excluding diaryl/α,β-unsaturated/α-hetero) is 1. The highest BCUT2D eigenvalue weighted by Gasteiger charge is 2.16. The molecule has 0 N–H and O–H groups in total. The zero-order valence-corrected chi connectivity index (χ0v) is 13.0. The van der Waals surface area contributed by atoms with Gasteiger partial charge in [0.05, 0.1) is 22.8 Å². The highest BCUT2D eigenvalue weighted by molar-refractivity contribution is 6.32. The number of hydrogen-bond donors (Lipinski definition) is 0. The molecule has 0 unspecified atom stereocenters. The molecule has 1 heterocycles. The number of ketones is 1. The maximum absolute atomic E-state index is 12.2. The first-order valence-corrected chi connectivity index (χ1v) is 7.24. The molecule has 1 aromatic heterocycles. The fourth-order valence-electron chi connectivity index (χ4n) is 2.12. The van der Waals surface area contributed by atoms with Gasteiger partial charge in [-0.05, 0) is 31.5 Å². The molecule has 0 saturated heterocycles. The molecule has 0 atom stereocenters. The molecule has 1 aromatic carbocycles. The first kappa shape index (κ1) is 15.1. The number of rotatable bonds is 5. The van der Waals surface area contributed by atoms with Gasteiger partial charge in [0.15, 0.2) is 0 Å². The smallest absolute Gasteiger partial charge is 0.143 e. The van der Waals surface area contributed by atoms with Gasteiger partial charge in [0.1, 0.15) is 5.78 Å². The van der Waals surface area contributed by atoms with Crippen molar-refractivity contribution in [2.24, 2.45) is 0 Å². The number of hydrogen-bond acceptors (Lipinski definition) is 2. The quantitative estimate of drug-likeness (QED) is 0.840. The summed E-state index contributed by atoms with van der Waals surface area (Å²) in [4.78, 5) is 12.2. The van der Waals surface area contributed by atoms with E-state index in [1.165, 1.54) is 0 Å². The van der Waals surface area contributed by atoms with Crippen molar-refractivity contribution in [3.63, 3.8) is 0 Å². The van der Waals surface area contributed by atoms with E-state index in [1.54, 1.807) is 16.8 Å². The summed E-state index contributed by atoms with van der Waals surface area (Å²) in [5, 5.41) is 5.58. The van der Waals surface area contributed by atoms with Gasteiger partial charge in [0, 0.05) is 18.0 Å². The molecule has 0 amide bonds. The van der Waals surface area contributed by atoms with E-state index in [1.807, 2.05) is 26.0 Å². The van der Waals surface area contributed by atoms with Crippen molar-refractivity contribution in [2.75, 3.05) is 0 Å². The average Bonchev–Trinajstić information content (AvgIpc) is 2.69. The Balaban J connectivity index is 2.10. The summed E-state index contributed by atoms with van der Waals surface area (Å²) in [6.07, 6.45) is 0.678. The van der Waals surface area contributed by atoms with Gasteiger partial charge in [-0.25, -0.2) is 0 Å². The molecule has 0 spiro atoms. The average molecular weight is 311 g/mol. The molecule has 0 bridgehead atoms. The number of aromatic nitrogens is 2. The van der Waals surface area contributed by atoms with Crippen LogP contribution in [0, 0.1) is 6.92 Å². The van der Waals surface area contributed by atoms with Crippen molar-refractivity contribution < 1.29 is 4.79 Å². The molecule has 0 fully saturated rings. The van der Waals surface area contributed by atoms with Crippen molar-refractivity contribution in [3.05, 3.63) is 51.3 Å². The standard InChI is InChI=1S/C15H16Cl2N2O/c1-3-19-14(15(17)10(2)18-19)9-13(20)8-11-4-6-12(16)7-5-11/h4-7H,3,8-9H2,1-2H3. The van der Waals surface area contributed by atoms with Crippen LogP contribution in [-0.2, 0) is 24.2 Å². The van der Waals surface area contributed by atoms with Gasteiger partial charge in [-0.1, -0.05) is 35.3 Å². The summed E-state index contributed by atoms with van der Waals surface area (Å²) in [7, 11) is 0. The second-order valence-corrected chi connectivity index (χ2v) is 5.49. The lowest BCUT2D eigenvalue weighted by molar-refractivity contribution is -0.117. The lowest BCUT2D eigenvalue weighted by Crippen LogP contribution is -2.11. The van der Waals surface area contributed by atoms with Gasteiger partial charge in [0.2, 0.25) is 0 Å². The number of nitrogens with zero attached hydrogens (tertiary/aromatic N) is 2. The molecule has 106 valence electrons. The first-order valence-electron chi connectivity index (χ1n) is 6.49. The Labute approximate surface area is 128 Å². The molecular weight excluding hydrogens is 295 g/mol. The van der Waals surface area contributed by atoms with E-state index in [0.29, 0.717) is 29.4 Å². The molecule has 0 radical (unpaired) electrons. The number of carbonyl (C=O) groups excluding carboxylic acids is 1. The molecule has 2 aromatic rings. The third-order valence-electron chi connectivity index (χ3n) is 3.13. The SMILES string of the molecule is CCn1nc(C)c(Cl)c1CC(=O)Cc1ccc(Cl)cc1. The maximum Gasteiger partial charge on any atom is 0.143 e. The molecular formula is C15H16Cl2N2O.